The van der Waals surface area contributed by atoms with E-state index in [1.165, 1.54) is 32.1 Å². The molecule has 2 fully saturated rings. The van der Waals surface area contributed by atoms with Crippen LogP contribution in [0, 0.1) is 11.8 Å². The molecule has 1 saturated carbocycles. The number of nitrogens with zero attached hydrogens (tertiary/aromatic N) is 1. The summed E-state index contributed by atoms with van der Waals surface area (Å²) in [5.74, 6) is 1.62. The molecule has 116 valence electrons. The van der Waals surface area contributed by atoms with Crippen LogP contribution < -0.4 is 5.32 Å². The monoisotopic (exact) mass is 280 g/mol. The van der Waals surface area contributed by atoms with Crippen LogP contribution in [0.3, 0.4) is 0 Å². The summed E-state index contributed by atoms with van der Waals surface area (Å²) in [6.45, 7) is 8.44. The molecule has 3 heteroatoms. The first kappa shape index (κ1) is 15.8. The summed E-state index contributed by atoms with van der Waals surface area (Å²) >= 11 is 0. The summed E-state index contributed by atoms with van der Waals surface area (Å²) in [6, 6.07) is 0.799. The largest absolute Gasteiger partial charge is 0.337 e. The molecule has 2 aliphatic rings. The number of hydrogen-bond donors (Lipinski definition) is 1. The summed E-state index contributed by atoms with van der Waals surface area (Å²) < 4.78 is 0. The molecular weight excluding hydrogens is 248 g/mol. The number of nitrogens with one attached hydrogen (secondary N) is 1. The van der Waals surface area contributed by atoms with Gasteiger partial charge in [-0.2, -0.15) is 0 Å². The number of piperazine rings is 1. The van der Waals surface area contributed by atoms with Crippen molar-refractivity contribution in [3.05, 3.63) is 0 Å². The average molecular weight is 280 g/mol. The van der Waals surface area contributed by atoms with Crippen LogP contribution in [-0.4, -0.2) is 36.0 Å². The Bertz CT molecular complexity index is 310. The fraction of sp³-hybridized carbons (Fsp3) is 0.941. The molecule has 0 radical (unpaired) electrons. The quantitative estimate of drug-likeness (QED) is 0.857. The van der Waals surface area contributed by atoms with Gasteiger partial charge in [0, 0.05) is 31.1 Å². The highest BCUT2D eigenvalue weighted by atomic mass is 16.2. The summed E-state index contributed by atoms with van der Waals surface area (Å²) in [7, 11) is 0. The molecule has 1 N–H and O–H groups in total. The highest BCUT2D eigenvalue weighted by Crippen LogP contribution is 2.33. The van der Waals surface area contributed by atoms with E-state index in [2.05, 4.69) is 31.0 Å². The zero-order valence-electron chi connectivity index (χ0n) is 13.5. The first-order valence-electron chi connectivity index (χ1n) is 8.65. The standard InChI is InChI=1S/C17H32N2O/c1-4-5-6-15-7-9-16(10-8-15)17(20)19-12-13(2)18-11-14(19)3/h13-16,18H,4-12H2,1-3H3. The predicted molar refractivity (Wildman–Crippen MR) is 83.6 cm³/mol. The van der Waals surface area contributed by atoms with Crippen LogP contribution in [0.4, 0.5) is 0 Å². The second-order valence-corrected chi connectivity index (χ2v) is 7.01. The predicted octanol–water partition coefficient (Wildman–Crippen LogP) is 3.19. The van der Waals surface area contributed by atoms with E-state index in [4.69, 9.17) is 0 Å². The zero-order valence-corrected chi connectivity index (χ0v) is 13.5. The van der Waals surface area contributed by atoms with Crippen molar-refractivity contribution in [1.29, 1.82) is 0 Å². The SMILES string of the molecule is CCCCC1CCC(C(=O)N2CC(C)NCC2C)CC1. The number of hydrogen-bond acceptors (Lipinski definition) is 2. The van der Waals surface area contributed by atoms with Gasteiger partial charge < -0.3 is 10.2 Å². The van der Waals surface area contributed by atoms with E-state index in [0.29, 0.717) is 23.9 Å². The van der Waals surface area contributed by atoms with E-state index >= 15 is 0 Å². The summed E-state index contributed by atoms with van der Waals surface area (Å²) in [6.07, 6.45) is 8.82. The Balaban J connectivity index is 1.82. The van der Waals surface area contributed by atoms with Gasteiger partial charge in [0.2, 0.25) is 5.91 Å². The Kier molecular flexibility index (Phi) is 5.88. The van der Waals surface area contributed by atoms with Crippen molar-refractivity contribution < 1.29 is 4.79 Å². The number of rotatable bonds is 4. The van der Waals surface area contributed by atoms with Crippen LogP contribution >= 0.6 is 0 Å². The molecule has 1 aliphatic heterocycles. The van der Waals surface area contributed by atoms with Gasteiger partial charge in [-0.1, -0.05) is 26.2 Å². The van der Waals surface area contributed by atoms with Crippen LogP contribution in [0.15, 0.2) is 0 Å². The minimum Gasteiger partial charge on any atom is -0.337 e. The lowest BCUT2D eigenvalue weighted by molar-refractivity contribution is -0.140. The van der Waals surface area contributed by atoms with Gasteiger partial charge in [-0.05, 0) is 45.4 Å². The third kappa shape index (κ3) is 3.97. The Morgan fingerprint density at radius 1 is 1.20 bits per heavy atom. The molecule has 3 nitrogen and oxygen atoms in total. The van der Waals surface area contributed by atoms with Crippen molar-refractivity contribution in [3.63, 3.8) is 0 Å². The maximum absolute atomic E-state index is 12.7. The maximum Gasteiger partial charge on any atom is 0.226 e. The van der Waals surface area contributed by atoms with E-state index in [1.807, 2.05) is 0 Å². The number of carbonyl (C=O) groups excluding carboxylic acids is 1. The van der Waals surface area contributed by atoms with Crippen LogP contribution in [0.5, 0.6) is 0 Å². The minimum atomic E-state index is 0.306. The minimum absolute atomic E-state index is 0.306. The maximum atomic E-state index is 12.7. The molecule has 20 heavy (non-hydrogen) atoms. The van der Waals surface area contributed by atoms with Crippen molar-refractivity contribution in [3.8, 4) is 0 Å². The Morgan fingerprint density at radius 2 is 1.90 bits per heavy atom. The van der Waals surface area contributed by atoms with Crippen LogP contribution in [-0.2, 0) is 4.79 Å². The van der Waals surface area contributed by atoms with Crippen molar-refractivity contribution in [2.45, 2.75) is 77.8 Å². The fourth-order valence-corrected chi connectivity index (χ4v) is 3.75. The van der Waals surface area contributed by atoms with Gasteiger partial charge in [0.25, 0.3) is 0 Å². The second-order valence-electron chi connectivity index (χ2n) is 7.01. The van der Waals surface area contributed by atoms with Crippen LogP contribution in [0.1, 0.15) is 65.7 Å². The Labute approximate surface area is 124 Å². The van der Waals surface area contributed by atoms with E-state index < -0.39 is 0 Å². The van der Waals surface area contributed by atoms with Gasteiger partial charge in [0.05, 0.1) is 0 Å². The molecular formula is C17H32N2O. The van der Waals surface area contributed by atoms with E-state index in [9.17, 15) is 4.79 Å². The third-order valence-corrected chi connectivity index (χ3v) is 5.21. The van der Waals surface area contributed by atoms with Crippen molar-refractivity contribution in [1.82, 2.24) is 10.2 Å². The molecule has 1 saturated heterocycles. The number of carbonyl (C=O) groups is 1. The first-order valence-corrected chi connectivity index (χ1v) is 8.65. The molecule has 2 unspecified atom stereocenters. The molecule has 0 aromatic heterocycles. The number of amides is 1. The van der Waals surface area contributed by atoms with Gasteiger partial charge in [-0.25, -0.2) is 0 Å². The van der Waals surface area contributed by atoms with Gasteiger partial charge >= 0.3 is 0 Å². The van der Waals surface area contributed by atoms with Gasteiger partial charge in [-0.15, -0.1) is 0 Å². The van der Waals surface area contributed by atoms with E-state index in [-0.39, 0.29) is 0 Å². The lowest BCUT2D eigenvalue weighted by Crippen LogP contribution is -2.57. The topological polar surface area (TPSA) is 32.3 Å². The molecule has 0 aromatic rings. The van der Waals surface area contributed by atoms with Gasteiger partial charge in [0.1, 0.15) is 0 Å². The lowest BCUT2D eigenvalue weighted by Gasteiger charge is -2.40. The molecule has 2 atom stereocenters. The van der Waals surface area contributed by atoms with Crippen molar-refractivity contribution in [2.24, 2.45) is 11.8 Å². The average Bonchev–Trinajstić information content (AvgIpc) is 2.47. The second kappa shape index (κ2) is 7.44. The van der Waals surface area contributed by atoms with Crippen molar-refractivity contribution in [2.75, 3.05) is 13.1 Å². The molecule has 1 heterocycles. The summed E-state index contributed by atoms with van der Waals surface area (Å²) in [5, 5.41) is 3.46. The molecule has 1 aliphatic carbocycles. The number of unbranched alkanes of at least 4 members (excludes halogenated alkanes) is 1. The molecule has 1 amide bonds. The van der Waals surface area contributed by atoms with Gasteiger partial charge in [-0.3, -0.25) is 4.79 Å². The van der Waals surface area contributed by atoms with Crippen molar-refractivity contribution >= 4 is 5.91 Å². The third-order valence-electron chi connectivity index (χ3n) is 5.21. The fourth-order valence-electron chi connectivity index (χ4n) is 3.75. The molecule has 0 aromatic carbocycles. The lowest BCUT2D eigenvalue weighted by atomic mass is 9.79. The van der Waals surface area contributed by atoms with Crippen LogP contribution in [0.2, 0.25) is 0 Å². The summed E-state index contributed by atoms with van der Waals surface area (Å²) in [4.78, 5) is 14.9. The normalized spacial score (nSPS) is 35.0. The van der Waals surface area contributed by atoms with E-state index in [0.717, 1.165) is 31.8 Å². The highest BCUT2D eigenvalue weighted by molar-refractivity contribution is 5.79. The summed E-state index contributed by atoms with van der Waals surface area (Å²) in [5.41, 5.74) is 0. The van der Waals surface area contributed by atoms with E-state index in [1.54, 1.807) is 0 Å². The Hall–Kier alpha value is -0.570. The smallest absolute Gasteiger partial charge is 0.226 e. The molecule has 2 rings (SSSR count). The first-order chi connectivity index (χ1) is 9.61. The molecule has 0 spiro atoms. The highest BCUT2D eigenvalue weighted by Gasteiger charge is 2.33. The Morgan fingerprint density at radius 3 is 2.55 bits per heavy atom. The van der Waals surface area contributed by atoms with Gasteiger partial charge in [0.15, 0.2) is 0 Å². The van der Waals surface area contributed by atoms with Crippen LogP contribution in [0.25, 0.3) is 0 Å². The molecule has 0 bridgehead atoms. The zero-order chi connectivity index (χ0) is 14.5.